The van der Waals surface area contributed by atoms with Crippen molar-refractivity contribution in [3.8, 4) is 28.6 Å². The Hall–Kier alpha value is -2.96. The van der Waals surface area contributed by atoms with E-state index in [1.165, 1.54) is 5.56 Å². The zero-order valence-corrected chi connectivity index (χ0v) is 19.6. The molecule has 0 amide bonds. The van der Waals surface area contributed by atoms with Crippen molar-refractivity contribution in [3.05, 3.63) is 83.4 Å². The first-order valence-electron chi connectivity index (χ1n) is 10.4. The van der Waals surface area contributed by atoms with E-state index in [0.29, 0.717) is 18.2 Å². The largest absolute Gasteiger partial charge is 0.494 e. The second-order valence-corrected chi connectivity index (χ2v) is 8.58. The number of benzene rings is 3. The number of thioether (sulfide) groups is 1. The minimum absolute atomic E-state index is 0.570. The van der Waals surface area contributed by atoms with Crippen LogP contribution in [0.15, 0.2) is 78.0 Å². The molecule has 1 aromatic heterocycles. The molecule has 1 heterocycles. The molecule has 0 saturated heterocycles. The molecule has 0 aliphatic heterocycles. The third-order valence-corrected chi connectivity index (χ3v) is 5.89. The van der Waals surface area contributed by atoms with Crippen LogP contribution in [-0.4, -0.2) is 33.7 Å². The van der Waals surface area contributed by atoms with Crippen molar-refractivity contribution in [1.29, 1.82) is 0 Å². The quantitative estimate of drug-likeness (QED) is 0.209. The predicted octanol–water partition coefficient (Wildman–Crippen LogP) is 6.47. The van der Waals surface area contributed by atoms with Crippen molar-refractivity contribution in [1.82, 2.24) is 14.8 Å². The summed E-state index contributed by atoms with van der Waals surface area (Å²) in [5.41, 5.74) is 3.12. The zero-order chi connectivity index (χ0) is 22.3. The van der Waals surface area contributed by atoms with Crippen molar-refractivity contribution in [2.24, 2.45) is 0 Å². The summed E-state index contributed by atoms with van der Waals surface area (Å²) in [5, 5.41) is 10.4. The average molecular weight is 466 g/mol. The van der Waals surface area contributed by atoms with Gasteiger partial charge in [-0.1, -0.05) is 41.1 Å². The summed E-state index contributed by atoms with van der Waals surface area (Å²) >= 11 is 7.68. The molecule has 0 atom stereocenters. The maximum atomic E-state index is 6.08. The van der Waals surface area contributed by atoms with Crippen LogP contribution in [0, 0.1) is 6.92 Å². The van der Waals surface area contributed by atoms with Gasteiger partial charge < -0.3 is 9.47 Å². The molecule has 0 N–H and O–H groups in total. The Labute approximate surface area is 197 Å². The smallest absolute Gasteiger partial charge is 0.196 e. The molecule has 0 radical (unpaired) electrons. The van der Waals surface area contributed by atoms with E-state index in [-0.39, 0.29) is 0 Å². The molecule has 164 valence electrons. The van der Waals surface area contributed by atoms with Gasteiger partial charge in [0.25, 0.3) is 0 Å². The summed E-state index contributed by atoms with van der Waals surface area (Å²) < 4.78 is 13.5. The molecule has 0 bridgehead atoms. The fourth-order valence-electron chi connectivity index (χ4n) is 3.17. The minimum Gasteiger partial charge on any atom is -0.494 e. The Morgan fingerprint density at radius 2 is 1.50 bits per heavy atom. The van der Waals surface area contributed by atoms with Gasteiger partial charge in [-0.3, -0.25) is 4.57 Å². The van der Waals surface area contributed by atoms with Crippen molar-refractivity contribution in [2.45, 2.75) is 19.0 Å². The van der Waals surface area contributed by atoms with Crippen LogP contribution < -0.4 is 9.47 Å². The van der Waals surface area contributed by atoms with Crippen LogP contribution in [0.5, 0.6) is 11.5 Å². The number of ether oxygens (including phenoxy) is 2. The highest BCUT2D eigenvalue weighted by Crippen LogP contribution is 2.29. The summed E-state index contributed by atoms with van der Waals surface area (Å²) in [5.74, 6) is 3.20. The number of aromatic nitrogens is 3. The Morgan fingerprint density at radius 3 is 2.19 bits per heavy atom. The van der Waals surface area contributed by atoms with Crippen molar-refractivity contribution in [3.63, 3.8) is 0 Å². The Kier molecular flexibility index (Phi) is 7.35. The molecule has 7 heteroatoms. The average Bonchev–Trinajstić information content (AvgIpc) is 3.23. The van der Waals surface area contributed by atoms with E-state index in [1.54, 1.807) is 11.8 Å². The van der Waals surface area contributed by atoms with Gasteiger partial charge in [-0.25, -0.2) is 0 Å². The molecule has 0 saturated carbocycles. The van der Waals surface area contributed by atoms with E-state index in [1.807, 2.05) is 79.7 Å². The zero-order valence-electron chi connectivity index (χ0n) is 18.0. The van der Waals surface area contributed by atoms with Crippen molar-refractivity contribution >= 4 is 23.4 Å². The first kappa shape index (κ1) is 22.2. The standard InChI is InChI=1S/C25H24ClN3O2S/c1-3-30-22-14-10-21(11-15-22)29-24(19-6-8-20(26)9-7-19)27-28-25(29)32-17-16-31-23-12-4-18(2)5-13-23/h4-15H,3,16-17H2,1-2H3. The molecule has 3 aromatic carbocycles. The third kappa shape index (κ3) is 5.44. The summed E-state index contributed by atoms with van der Waals surface area (Å²) in [4.78, 5) is 0. The van der Waals surface area contributed by atoms with Crippen LogP contribution in [0.2, 0.25) is 5.02 Å². The number of hydrogen-bond donors (Lipinski definition) is 0. The normalized spacial score (nSPS) is 10.8. The Bertz CT molecular complexity index is 1140. The highest BCUT2D eigenvalue weighted by Gasteiger charge is 2.16. The molecule has 0 aliphatic rings. The summed E-state index contributed by atoms with van der Waals surface area (Å²) in [6.07, 6.45) is 0. The van der Waals surface area contributed by atoms with Gasteiger partial charge >= 0.3 is 0 Å². The molecule has 4 aromatic rings. The Balaban J connectivity index is 1.55. The summed E-state index contributed by atoms with van der Waals surface area (Å²) in [6, 6.07) is 23.6. The van der Waals surface area contributed by atoms with Gasteiger partial charge in [0.2, 0.25) is 0 Å². The molecule has 0 unspecified atom stereocenters. The molecule has 0 aliphatic carbocycles. The van der Waals surface area contributed by atoms with Gasteiger partial charge in [-0.15, -0.1) is 10.2 Å². The lowest BCUT2D eigenvalue weighted by molar-refractivity contribution is 0.340. The predicted molar refractivity (Wildman–Crippen MR) is 130 cm³/mol. The number of rotatable bonds is 9. The highest BCUT2D eigenvalue weighted by atomic mass is 35.5. The monoisotopic (exact) mass is 465 g/mol. The molecule has 0 fully saturated rings. The molecule has 0 spiro atoms. The van der Waals surface area contributed by atoms with Gasteiger partial charge in [0.1, 0.15) is 11.5 Å². The maximum absolute atomic E-state index is 6.08. The van der Waals surface area contributed by atoms with Gasteiger partial charge in [0, 0.05) is 22.0 Å². The molecular weight excluding hydrogens is 442 g/mol. The number of halogens is 1. The molecule has 5 nitrogen and oxygen atoms in total. The molecular formula is C25H24ClN3O2S. The second-order valence-electron chi connectivity index (χ2n) is 7.09. The fourth-order valence-corrected chi connectivity index (χ4v) is 4.06. The number of hydrogen-bond acceptors (Lipinski definition) is 5. The lowest BCUT2D eigenvalue weighted by atomic mass is 10.2. The maximum Gasteiger partial charge on any atom is 0.196 e. The molecule has 32 heavy (non-hydrogen) atoms. The summed E-state index contributed by atoms with van der Waals surface area (Å²) in [6.45, 7) is 5.23. The van der Waals surface area contributed by atoms with Crippen LogP contribution in [0.1, 0.15) is 12.5 Å². The molecule has 4 rings (SSSR count). The third-order valence-electron chi connectivity index (χ3n) is 4.75. The van der Waals surface area contributed by atoms with Crippen LogP contribution in [0.4, 0.5) is 0 Å². The van der Waals surface area contributed by atoms with Crippen molar-refractivity contribution < 1.29 is 9.47 Å². The number of aryl methyl sites for hydroxylation is 1. The van der Waals surface area contributed by atoms with Crippen LogP contribution >= 0.6 is 23.4 Å². The van der Waals surface area contributed by atoms with E-state index < -0.39 is 0 Å². The van der Waals surface area contributed by atoms with Crippen LogP contribution in [-0.2, 0) is 0 Å². The lowest BCUT2D eigenvalue weighted by Gasteiger charge is -2.12. The first-order chi connectivity index (χ1) is 15.6. The van der Waals surface area contributed by atoms with Gasteiger partial charge in [-0.2, -0.15) is 0 Å². The lowest BCUT2D eigenvalue weighted by Crippen LogP contribution is -2.03. The second kappa shape index (κ2) is 10.6. The van der Waals surface area contributed by atoms with E-state index in [2.05, 4.69) is 21.7 Å². The van der Waals surface area contributed by atoms with E-state index >= 15 is 0 Å². The topological polar surface area (TPSA) is 49.2 Å². The van der Waals surface area contributed by atoms with Crippen LogP contribution in [0.25, 0.3) is 17.1 Å². The van der Waals surface area contributed by atoms with E-state index in [0.717, 1.165) is 39.5 Å². The SMILES string of the molecule is CCOc1ccc(-n2c(SCCOc3ccc(C)cc3)nnc2-c2ccc(Cl)cc2)cc1. The van der Waals surface area contributed by atoms with E-state index in [9.17, 15) is 0 Å². The van der Waals surface area contributed by atoms with Crippen LogP contribution in [0.3, 0.4) is 0 Å². The number of nitrogens with zero attached hydrogens (tertiary/aromatic N) is 3. The van der Waals surface area contributed by atoms with Gasteiger partial charge in [0.05, 0.1) is 13.2 Å². The fraction of sp³-hybridized carbons (Fsp3) is 0.200. The summed E-state index contributed by atoms with van der Waals surface area (Å²) in [7, 11) is 0. The minimum atomic E-state index is 0.570. The first-order valence-corrected chi connectivity index (χ1v) is 11.8. The van der Waals surface area contributed by atoms with Crippen molar-refractivity contribution in [2.75, 3.05) is 19.0 Å². The Morgan fingerprint density at radius 1 is 0.844 bits per heavy atom. The highest BCUT2D eigenvalue weighted by molar-refractivity contribution is 7.99. The van der Waals surface area contributed by atoms with Gasteiger partial charge in [0.15, 0.2) is 11.0 Å². The van der Waals surface area contributed by atoms with Gasteiger partial charge in [-0.05, 0) is 74.5 Å². The van der Waals surface area contributed by atoms with E-state index in [4.69, 9.17) is 21.1 Å².